The van der Waals surface area contributed by atoms with Gasteiger partial charge >= 0.3 is 5.97 Å². The molecule has 1 aromatic rings. The number of hydrogen-bond acceptors (Lipinski definition) is 3. The summed E-state index contributed by atoms with van der Waals surface area (Å²) < 4.78 is 29.3. The van der Waals surface area contributed by atoms with Crippen molar-refractivity contribution in [2.75, 3.05) is 6.61 Å². The number of nitrogens with zero attached hydrogens (tertiary/aromatic N) is 1. The van der Waals surface area contributed by atoms with Crippen molar-refractivity contribution in [1.82, 2.24) is 9.97 Å². The van der Waals surface area contributed by atoms with Crippen molar-refractivity contribution in [3.05, 3.63) is 16.1 Å². The van der Waals surface area contributed by atoms with Gasteiger partial charge in [0.15, 0.2) is 10.4 Å². The van der Waals surface area contributed by atoms with E-state index in [1.54, 1.807) is 6.92 Å². The zero-order chi connectivity index (χ0) is 10.7. The van der Waals surface area contributed by atoms with Crippen LogP contribution in [0.15, 0.2) is 4.73 Å². The molecule has 78 valence electrons. The number of hydrogen-bond donors (Lipinski definition) is 1. The molecule has 0 unspecified atom stereocenters. The molecular weight excluding hydrogens is 262 g/mol. The van der Waals surface area contributed by atoms with Gasteiger partial charge in [-0.05, 0) is 22.9 Å². The lowest BCUT2D eigenvalue weighted by Crippen LogP contribution is -2.08. The Morgan fingerprint density at radius 2 is 2.36 bits per heavy atom. The molecule has 1 heterocycles. The monoisotopic (exact) mass is 268 g/mol. The zero-order valence-electron chi connectivity index (χ0n) is 7.18. The van der Waals surface area contributed by atoms with Crippen LogP contribution in [0.25, 0.3) is 0 Å². The molecule has 14 heavy (non-hydrogen) atoms. The molecule has 4 nitrogen and oxygen atoms in total. The van der Waals surface area contributed by atoms with Gasteiger partial charge in [0.05, 0.1) is 6.61 Å². The van der Waals surface area contributed by atoms with E-state index in [0.29, 0.717) is 0 Å². The summed E-state index contributed by atoms with van der Waals surface area (Å²) in [6.07, 6.45) is -2.78. The van der Waals surface area contributed by atoms with E-state index in [9.17, 15) is 13.6 Å². The minimum absolute atomic E-state index is 0.0795. The maximum atomic E-state index is 12.3. The highest BCUT2D eigenvalue weighted by atomic mass is 79.9. The zero-order valence-corrected chi connectivity index (χ0v) is 8.77. The maximum Gasteiger partial charge on any atom is 0.359 e. The van der Waals surface area contributed by atoms with Gasteiger partial charge in [-0.3, -0.25) is 0 Å². The number of H-pyrrole nitrogens is 1. The molecule has 0 aromatic carbocycles. The second-order valence-corrected chi connectivity index (χ2v) is 3.06. The van der Waals surface area contributed by atoms with Crippen LogP contribution in [-0.4, -0.2) is 22.5 Å². The number of aromatic nitrogens is 2. The molecule has 1 N–H and O–H groups in total. The number of carbonyl (C=O) groups excluding carboxylic acids is 1. The van der Waals surface area contributed by atoms with Crippen LogP contribution in [0.2, 0.25) is 0 Å². The molecule has 0 atom stereocenters. The Bertz CT molecular complexity index is 340. The average molecular weight is 269 g/mol. The van der Waals surface area contributed by atoms with E-state index in [4.69, 9.17) is 0 Å². The fraction of sp³-hybridized carbons (Fsp3) is 0.429. The summed E-state index contributed by atoms with van der Waals surface area (Å²) >= 11 is 2.86. The van der Waals surface area contributed by atoms with Crippen molar-refractivity contribution in [3.8, 4) is 0 Å². The third-order valence-corrected chi connectivity index (χ3v) is 1.77. The quantitative estimate of drug-likeness (QED) is 0.856. The van der Waals surface area contributed by atoms with Crippen molar-refractivity contribution in [3.63, 3.8) is 0 Å². The lowest BCUT2D eigenvalue weighted by Gasteiger charge is -2.00. The van der Waals surface area contributed by atoms with Crippen LogP contribution >= 0.6 is 15.9 Å². The standard InChI is InChI=1S/C7H7BrF2N2O2/c1-2-14-6(13)4-3(5(9)10)11-7(8)12-4/h5H,2H2,1H3,(H,11,12). The molecule has 0 bridgehead atoms. The van der Waals surface area contributed by atoms with Crippen LogP contribution in [0, 0.1) is 0 Å². The molecule has 7 heteroatoms. The van der Waals surface area contributed by atoms with Crippen LogP contribution in [-0.2, 0) is 4.74 Å². The van der Waals surface area contributed by atoms with E-state index in [2.05, 4.69) is 30.6 Å². The number of aromatic amines is 1. The number of ether oxygens (including phenoxy) is 1. The maximum absolute atomic E-state index is 12.3. The predicted octanol–water partition coefficient (Wildman–Crippen LogP) is 2.29. The normalized spacial score (nSPS) is 10.6. The molecule has 0 aliphatic rings. The second-order valence-electron chi connectivity index (χ2n) is 2.31. The number of nitrogens with one attached hydrogen (secondary N) is 1. The first-order valence-corrected chi connectivity index (χ1v) is 4.56. The van der Waals surface area contributed by atoms with Crippen LogP contribution < -0.4 is 0 Å². The fourth-order valence-electron chi connectivity index (χ4n) is 0.870. The van der Waals surface area contributed by atoms with E-state index in [1.807, 2.05) is 0 Å². The average Bonchev–Trinajstić information content (AvgIpc) is 2.48. The van der Waals surface area contributed by atoms with Crippen molar-refractivity contribution in [2.45, 2.75) is 13.3 Å². The Labute approximate surface area is 86.8 Å². The summed E-state index contributed by atoms with van der Waals surface area (Å²) in [4.78, 5) is 16.9. The lowest BCUT2D eigenvalue weighted by atomic mass is 10.3. The Morgan fingerprint density at radius 1 is 1.71 bits per heavy atom. The van der Waals surface area contributed by atoms with Gasteiger partial charge in [-0.2, -0.15) is 0 Å². The van der Waals surface area contributed by atoms with Crippen LogP contribution in [0.3, 0.4) is 0 Å². The summed E-state index contributed by atoms with van der Waals surface area (Å²) in [5, 5.41) is 0. The van der Waals surface area contributed by atoms with Gasteiger partial charge in [-0.1, -0.05) is 0 Å². The van der Waals surface area contributed by atoms with Crippen molar-refractivity contribution >= 4 is 21.9 Å². The molecule has 0 fully saturated rings. The lowest BCUT2D eigenvalue weighted by molar-refractivity contribution is 0.0508. The summed E-state index contributed by atoms with van der Waals surface area (Å²) in [5.74, 6) is -0.857. The van der Waals surface area contributed by atoms with Gasteiger partial charge < -0.3 is 9.72 Å². The first-order valence-electron chi connectivity index (χ1n) is 3.77. The molecule has 0 aliphatic heterocycles. The summed E-state index contributed by atoms with van der Waals surface area (Å²) in [7, 11) is 0. The number of carbonyl (C=O) groups is 1. The summed E-state index contributed by atoms with van der Waals surface area (Å²) in [5.41, 5.74) is -0.913. The van der Waals surface area contributed by atoms with Gasteiger partial charge in [-0.25, -0.2) is 18.6 Å². The Hall–Kier alpha value is -0.980. The Morgan fingerprint density at radius 3 is 2.86 bits per heavy atom. The van der Waals surface area contributed by atoms with Gasteiger partial charge in [-0.15, -0.1) is 0 Å². The smallest absolute Gasteiger partial charge is 0.359 e. The molecule has 1 rings (SSSR count). The molecule has 0 aliphatic carbocycles. The van der Waals surface area contributed by atoms with Crippen LogP contribution in [0.1, 0.15) is 29.5 Å². The van der Waals surface area contributed by atoms with Gasteiger partial charge in [0.25, 0.3) is 6.43 Å². The van der Waals surface area contributed by atoms with Crippen molar-refractivity contribution in [2.24, 2.45) is 0 Å². The SMILES string of the molecule is CCOC(=O)c1nc(Br)[nH]c1C(F)F. The summed E-state index contributed by atoms with van der Waals surface area (Å²) in [6, 6.07) is 0. The number of rotatable bonds is 3. The highest BCUT2D eigenvalue weighted by Gasteiger charge is 2.23. The van der Waals surface area contributed by atoms with Gasteiger partial charge in [0.2, 0.25) is 0 Å². The molecule has 0 radical (unpaired) electrons. The van der Waals surface area contributed by atoms with Crippen LogP contribution in [0.5, 0.6) is 0 Å². The number of imidazole rings is 1. The highest BCUT2D eigenvalue weighted by Crippen LogP contribution is 2.23. The van der Waals surface area contributed by atoms with E-state index in [-0.39, 0.29) is 17.0 Å². The third-order valence-electron chi connectivity index (χ3n) is 1.39. The fourth-order valence-corrected chi connectivity index (χ4v) is 1.26. The topological polar surface area (TPSA) is 55.0 Å². The van der Waals surface area contributed by atoms with Crippen molar-refractivity contribution < 1.29 is 18.3 Å². The predicted molar refractivity (Wildman–Crippen MR) is 47.2 cm³/mol. The van der Waals surface area contributed by atoms with Crippen LogP contribution in [0.4, 0.5) is 8.78 Å². The molecule has 0 amide bonds. The number of esters is 1. The third kappa shape index (κ3) is 2.28. The number of alkyl halides is 2. The van der Waals surface area contributed by atoms with E-state index >= 15 is 0 Å². The number of halogens is 3. The van der Waals surface area contributed by atoms with Crippen molar-refractivity contribution in [1.29, 1.82) is 0 Å². The summed E-state index contributed by atoms with van der Waals surface area (Å²) in [6.45, 7) is 1.70. The Kier molecular flexibility index (Phi) is 3.56. The molecular formula is C7H7BrF2N2O2. The van der Waals surface area contributed by atoms with E-state index in [1.165, 1.54) is 0 Å². The molecule has 0 spiro atoms. The Balaban J connectivity index is 3.00. The second kappa shape index (κ2) is 4.50. The van der Waals surface area contributed by atoms with E-state index in [0.717, 1.165) is 0 Å². The van der Waals surface area contributed by atoms with Gasteiger partial charge in [0, 0.05) is 0 Å². The highest BCUT2D eigenvalue weighted by molar-refractivity contribution is 9.10. The first kappa shape index (κ1) is 11.1. The minimum atomic E-state index is -2.78. The first-order chi connectivity index (χ1) is 6.56. The largest absolute Gasteiger partial charge is 0.461 e. The van der Waals surface area contributed by atoms with Gasteiger partial charge in [0.1, 0.15) is 5.69 Å². The van der Waals surface area contributed by atoms with E-state index < -0.39 is 18.1 Å². The molecule has 0 saturated carbocycles. The molecule has 1 aromatic heterocycles. The molecule has 0 saturated heterocycles. The minimum Gasteiger partial charge on any atom is -0.461 e.